The fraction of sp³-hybridized carbons (Fsp3) is 0.318. The van der Waals surface area contributed by atoms with Crippen LogP contribution in [0.3, 0.4) is 0 Å². The van der Waals surface area contributed by atoms with Crippen molar-refractivity contribution in [2.45, 2.75) is 32.4 Å². The number of thiazole rings is 1. The van der Waals surface area contributed by atoms with Crippen LogP contribution in [-0.4, -0.2) is 36.1 Å². The Morgan fingerprint density at radius 1 is 1.17 bits per heavy atom. The van der Waals surface area contributed by atoms with Gasteiger partial charge in [-0.1, -0.05) is 41.7 Å². The summed E-state index contributed by atoms with van der Waals surface area (Å²) in [6.45, 7) is 3.87. The molecule has 0 unspecified atom stereocenters. The number of aromatic nitrogens is 1. The molecule has 1 aliphatic rings. The lowest BCUT2D eigenvalue weighted by molar-refractivity contribution is -0.117. The summed E-state index contributed by atoms with van der Waals surface area (Å²) in [6.07, 6.45) is 1.78. The standard InChI is InChI=1S/C22H24N4O3S/c1-15(23-22(28)29-14-16-7-3-2-4-8-16)20(27)24-17-9-10-18-19(13-17)30-21(25-18)26-11-5-6-12-26/h2-4,7-10,13,15H,5-6,11-12,14H2,1H3,(H,23,28)(H,24,27)/t15-/m0/s1. The number of benzene rings is 2. The molecule has 1 aliphatic heterocycles. The van der Waals surface area contributed by atoms with Gasteiger partial charge in [-0.3, -0.25) is 4.79 Å². The van der Waals surface area contributed by atoms with Crippen molar-refractivity contribution in [3.8, 4) is 0 Å². The van der Waals surface area contributed by atoms with Crippen molar-refractivity contribution in [1.29, 1.82) is 0 Å². The molecule has 1 aromatic heterocycles. The zero-order chi connectivity index (χ0) is 20.9. The number of nitrogens with zero attached hydrogens (tertiary/aromatic N) is 2. The number of hydrogen-bond acceptors (Lipinski definition) is 6. The second kappa shape index (κ2) is 9.13. The fourth-order valence-corrected chi connectivity index (χ4v) is 4.35. The Kier molecular flexibility index (Phi) is 6.13. The molecule has 2 heterocycles. The van der Waals surface area contributed by atoms with Crippen molar-refractivity contribution in [3.05, 3.63) is 54.1 Å². The van der Waals surface area contributed by atoms with Gasteiger partial charge in [0.05, 0.1) is 10.2 Å². The maximum absolute atomic E-state index is 12.5. The van der Waals surface area contributed by atoms with Gasteiger partial charge in [-0.05, 0) is 43.5 Å². The van der Waals surface area contributed by atoms with Crippen molar-refractivity contribution in [1.82, 2.24) is 10.3 Å². The quantitative estimate of drug-likeness (QED) is 0.621. The molecule has 2 N–H and O–H groups in total. The van der Waals surface area contributed by atoms with E-state index in [9.17, 15) is 9.59 Å². The molecule has 7 nitrogen and oxygen atoms in total. The van der Waals surface area contributed by atoms with Gasteiger partial charge in [0.25, 0.3) is 0 Å². The Morgan fingerprint density at radius 2 is 1.93 bits per heavy atom. The van der Waals surface area contributed by atoms with Gasteiger partial charge in [-0.2, -0.15) is 0 Å². The van der Waals surface area contributed by atoms with E-state index in [1.165, 1.54) is 12.8 Å². The summed E-state index contributed by atoms with van der Waals surface area (Å²) in [4.78, 5) is 31.4. The number of alkyl carbamates (subject to hydrolysis) is 1. The highest BCUT2D eigenvalue weighted by Gasteiger charge is 2.19. The molecule has 30 heavy (non-hydrogen) atoms. The Balaban J connectivity index is 1.32. The predicted molar refractivity (Wildman–Crippen MR) is 119 cm³/mol. The lowest BCUT2D eigenvalue weighted by atomic mass is 10.2. The molecule has 8 heteroatoms. The summed E-state index contributed by atoms with van der Waals surface area (Å²) < 4.78 is 6.19. The Morgan fingerprint density at radius 3 is 2.70 bits per heavy atom. The van der Waals surface area contributed by atoms with Crippen molar-refractivity contribution in [2.24, 2.45) is 0 Å². The summed E-state index contributed by atoms with van der Waals surface area (Å²) >= 11 is 1.63. The molecule has 1 fully saturated rings. The van der Waals surface area contributed by atoms with E-state index in [1.807, 2.05) is 48.5 Å². The number of rotatable bonds is 6. The first-order valence-corrected chi connectivity index (χ1v) is 10.8. The van der Waals surface area contributed by atoms with Gasteiger partial charge in [-0.25, -0.2) is 9.78 Å². The average Bonchev–Trinajstić information content (AvgIpc) is 3.42. The van der Waals surface area contributed by atoms with E-state index in [1.54, 1.807) is 18.3 Å². The van der Waals surface area contributed by atoms with Crippen LogP contribution in [0.5, 0.6) is 0 Å². The Bertz CT molecular complexity index is 1030. The van der Waals surface area contributed by atoms with Crippen molar-refractivity contribution >= 4 is 44.4 Å². The lowest BCUT2D eigenvalue weighted by Gasteiger charge is -2.14. The number of fused-ring (bicyclic) bond motifs is 1. The fourth-order valence-electron chi connectivity index (χ4n) is 3.29. The molecule has 4 rings (SSSR count). The summed E-state index contributed by atoms with van der Waals surface area (Å²) in [6, 6.07) is 14.3. The SMILES string of the molecule is C[C@H](NC(=O)OCc1ccccc1)C(=O)Nc1ccc2nc(N3CCCC3)sc2c1. The van der Waals surface area contributed by atoms with E-state index in [-0.39, 0.29) is 12.5 Å². The van der Waals surface area contributed by atoms with Crippen LogP contribution in [0.15, 0.2) is 48.5 Å². The van der Waals surface area contributed by atoms with Gasteiger partial charge in [0.2, 0.25) is 5.91 Å². The number of nitrogens with one attached hydrogen (secondary N) is 2. The summed E-state index contributed by atoms with van der Waals surface area (Å²) in [5, 5.41) is 6.44. The molecule has 0 spiro atoms. The molecular formula is C22H24N4O3S. The van der Waals surface area contributed by atoms with Gasteiger partial charge in [-0.15, -0.1) is 0 Å². The number of carbonyl (C=O) groups excluding carboxylic acids is 2. The van der Waals surface area contributed by atoms with Crippen LogP contribution in [0.4, 0.5) is 15.6 Å². The first-order valence-electron chi connectivity index (χ1n) is 10.0. The summed E-state index contributed by atoms with van der Waals surface area (Å²) in [7, 11) is 0. The molecule has 0 bridgehead atoms. The molecule has 1 atom stereocenters. The van der Waals surface area contributed by atoms with Crippen molar-refractivity contribution in [3.63, 3.8) is 0 Å². The summed E-state index contributed by atoms with van der Waals surface area (Å²) in [5.41, 5.74) is 2.49. The maximum Gasteiger partial charge on any atom is 0.408 e. The highest BCUT2D eigenvalue weighted by atomic mass is 32.1. The maximum atomic E-state index is 12.5. The molecule has 0 aliphatic carbocycles. The van der Waals surface area contributed by atoms with Gasteiger partial charge in [0.1, 0.15) is 12.6 Å². The number of anilines is 2. The molecular weight excluding hydrogens is 400 g/mol. The van der Waals surface area contributed by atoms with Gasteiger partial charge in [0.15, 0.2) is 5.13 Å². The van der Waals surface area contributed by atoms with Crippen molar-refractivity contribution < 1.29 is 14.3 Å². The molecule has 0 saturated carbocycles. The molecule has 1 saturated heterocycles. The van der Waals surface area contributed by atoms with Crippen LogP contribution in [0.1, 0.15) is 25.3 Å². The van der Waals surface area contributed by atoms with E-state index in [0.29, 0.717) is 5.69 Å². The predicted octanol–water partition coefficient (Wildman–Crippen LogP) is 4.15. The number of amides is 2. The third-order valence-corrected chi connectivity index (χ3v) is 6.04. The van der Waals surface area contributed by atoms with Crippen LogP contribution < -0.4 is 15.5 Å². The zero-order valence-electron chi connectivity index (χ0n) is 16.8. The first kappa shape index (κ1) is 20.2. The van der Waals surface area contributed by atoms with E-state index in [0.717, 1.165) is 34.0 Å². The second-order valence-corrected chi connectivity index (χ2v) is 8.30. The van der Waals surface area contributed by atoms with E-state index in [4.69, 9.17) is 9.72 Å². The van der Waals surface area contributed by atoms with Crippen LogP contribution >= 0.6 is 11.3 Å². The molecule has 2 amide bonds. The first-order chi connectivity index (χ1) is 14.6. The van der Waals surface area contributed by atoms with Crippen molar-refractivity contribution in [2.75, 3.05) is 23.3 Å². The smallest absolute Gasteiger partial charge is 0.408 e. The topological polar surface area (TPSA) is 83.6 Å². The molecule has 2 aromatic carbocycles. The van der Waals surface area contributed by atoms with E-state index >= 15 is 0 Å². The van der Waals surface area contributed by atoms with E-state index < -0.39 is 12.1 Å². The van der Waals surface area contributed by atoms with Crippen LogP contribution in [-0.2, 0) is 16.1 Å². The van der Waals surface area contributed by atoms with E-state index in [2.05, 4.69) is 15.5 Å². The number of hydrogen-bond donors (Lipinski definition) is 2. The third-order valence-electron chi connectivity index (χ3n) is 4.96. The molecule has 0 radical (unpaired) electrons. The molecule has 3 aromatic rings. The minimum absolute atomic E-state index is 0.155. The average molecular weight is 425 g/mol. The Labute approximate surface area is 179 Å². The number of ether oxygens (including phenoxy) is 1. The summed E-state index contributed by atoms with van der Waals surface area (Å²) in [5.74, 6) is -0.310. The van der Waals surface area contributed by atoms with Crippen LogP contribution in [0.25, 0.3) is 10.2 Å². The second-order valence-electron chi connectivity index (χ2n) is 7.29. The van der Waals surface area contributed by atoms with Gasteiger partial charge in [0, 0.05) is 18.8 Å². The van der Waals surface area contributed by atoms with Gasteiger partial charge >= 0.3 is 6.09 Å². The Hall–Kier alpha value is -3.13. The lowest BCUT2D eigenvalue weighted by Crippen LogP contribution is -2.41. The highest BCUT2D eigenvalue weighted by Crippen LogP contribution is 2.32. The highest BCUT2D eigenvalue weighted by molar-refractivity contribution is 7.22. The monoisotopic (exact) mass is 424 g/mol. The largest absolute Gasteiger partial charge is 0.445 e. The zero-order valence-corrected chi connectivity index (χ0v) is 17.6. The molecule has 156 valence electrons. The minimum Gasteiger partial charge on any atom is -0.445 e. The van der Waals surface area contributed by atoms with Gasteiger partial charge < -0.3 is 20.3 Å². The minimum atomic E-state index is -0.731. The third kappa shape index (κ3) is 4.88. The number of carbonyl (C=O) groups is 2. The van der Waals surface area contributed by atoms with Crippen LogP contribution in [0.2, 0.25) is 0 Å². The normalized spacial score (nSPS) is 14.5. The van der Waals surface area contributed by atoms with Crippen LogP contribution in [0, 0.1) is 0 Å².